The summed E-state index contributed by atoms with van der Waals surface area (Å²) in [6, 6.07) is 0. The normalized spacial score (nSPS) is 13.5. The molecule has 0 fully saturated rings. The van der Waals surface area contributed by atoms with Crippen molar-refractivity contribution in [2.75, 3.05) is 12.3 Å². The molecule has 3 N–H and O–H groups in total. The van der Waals surface area contributed by atoms with Crippen molar-refractivity contribution in [2.45, 2.75) is 33.1 Å². The van der Waals surface area contributed by atoms with Gasteiger partial charge in [0, 0.05) is 6.54 Å². The summed E-state index contributed by atoms with van der Waals surface area (Å²) in [6.07, 6.45) is 1.91. The number of nitrogens with one attached hydrogen (secondary N) is 1. The van der Waals surface area contributed by atoms with E-state index in [2.05, 4.69) is 0 Å². The number of nitrogens with two attached hydrogens (primary N) is 1. The number of amides is 1. The second-order valence-corrected chi connectivity index (χ2v) is 5.35. The minimum atomic E-state index is -3.46. The van der Waals surface area contributed by atoms with Crippen molar-refractivity contribution in [2.24, 2.45) is 11.7 Å². The van der Waals surface area contributed by atoms with Crippen LogP contribution in [0.15, 0.2) is 0 Å². The molecular weight excluding hydrogens is 216 g/mol. The van der Waals surface area contributed by atoms with Crippen LogP contribution in [0.2, 0.25) is 0 Å². The number of rotatable bonds is 7. The van der Waals surface area contributed by atoms with E-state index in [0.29, 0.717) is 12.8 Å². The summed E-state index contributed by atoms with van der Waals surface area (Å²) in [7, 11) is -3.46. The SMILES string of the molecule is CCCC(CN)C(=O)NS(=O)(=O)CCC. The zero-order valence-corrected chi connectivity index (χ0v) is 10.1. The Morgan fingerprint density at radius 3 is 2.33 bits per heavy atom. The molecule has 0 rings (SSSR count). The van der Waals surface area contributed by atoms with Crippen LogP contribution in [-0.4, -0.2) is 26.6 Å². The van der Waals surface area contributed by atoms with Gasteiger partial charge in [-0.3, -0.25) is 9.52 Å². The fourth-order valence-electron chi connectivity index (χ4n) is 1.26. The van der Waals surface area contributed by atoms with Crippen molar-refractivity contribution in [1.29, 1.82) is 0 Å². The average Bonchev–Trinajstić information content (AvgIpc) is 2.12. The first-order valence-corrected chi connectivity index (χ1v) is 6.86. The lowest BCUT2D eigenvalue weighted by molar-refractivity contribution is -0.123. The van der Waals surface area contributed by atoms with Gasteiger partial charge in [0.15, 0.2) is 0 Å². The van der Waals surface area contributed by atoms with Gasteiger partial charge in [0.2, 0.25) is 15.9 Å². The largest absolute Gasteiger partial charge is 0.330 e. The number of carbonyl (C=O) groups excluding carboxylic acids is 1. The van der Waals surface area contributed by atoms with Gasteiger partial charge in [-0.1, -0.05) is 20.3 Å². The molecule has 0 saturated heterocycles. The Balaban J connectivity index is 4.33. The lowest BCUT2D eigenvalue weighted by atomic mass is 10.0. The van der Waals surface area contributed by atoms with Gasteiger partial charge in [-0.15, -0.1) is 0 Å². The monoisotopic (exact) mass is 236 g/mol. The summed E-state index contributed by atoms with van der Waals surface area (Å²) in [4.78, 5) is 11.5. The van der Waals surface area contributed by atoms with Crippen molar-refractivity contribution in [3.8, 4) is 0 Å². The Morgan fingerprint density at radius 2 is 1.93 bits per heavy atom. The molecule has 90 valence electrons. The lowest BCUT2D eigenvalue weighted by Gasteiger charge is -2.13. The van der Waals surface area contributed by atoms with Crippen LogP contribution < -0.4 is 10.5 Å². The summed E-state index contributed by atoms with van der Waals surface area (Å²) in [5.74, 6) is -0.906. The van der Waals surface area contributed by atoms with Crippen molar-refractivity contribution < 1.29 is 13.2 Å². The van der Waals surface area contributed by atoms with Crippen LogP contribution in [0.25, 0.3) is 0 Å². The fraction of sp³-hybridized carbons (Fsp3) is 0.889. The van der Waals surface area contributed by atoms with E-state index in [1.807, 2.05) is 11.6 Å². The molecule has 0 radical (unpaired) electrons. The highest BCUT2D eigenvalue weighted by Gasteiger charge is 2.20. The van der Waals surface area contributed by atoms with Crippen molar-refractivity contribution in [1.82, 2.24) is 4.72 Å². The van der Waals surface area contributed by atoms with Gasteiger partial charge in [-0.05, 0) is 12.8 Å². The van der Waals surface area contributed by atoms with E-state index in [9.17, 15) is 13.2 Å². The fourth-order valence-corrected chi connectivity index (χ4v) is 2.37. The van der Waals surface area contributed by atoms with Gasteiger partial charge in [-0.2, -0.15) is 0 Å². The van der Waals surface area contributed by atoms with Crippen LogP contribution in [0.4, 0.5) is 0 Å². The van der Waals surface area contributed by atoms with Gasteiger partial charge < -0.3 is 5.73 Å². The van der Waals surface area contributed by atoms with Crippen LogP contribution in [-0.2, 0) is 14.8 Å². The molecule has 5 nitrogen and oxygen atoms in total. The highest BCUT2D eigenvalue weighted by Crippen LogP contribution is 2.05. The first-order valence-electron chi connectivity index (χ1n) is 5.21. The third kappa shape index (κ3) is 5.74. The third-order valence-corrected chi connectivity index (χ3v) is 3.48. The maximum atomic E-state index is 11.5. The Labute approximate surface area is 91.5 Å². The Kier molecular flexibility index (Phi) is 6.51. The van der Waals surface area contributed by atoms with E-state index in [0.717, 1.165) is 6.42 Å². The quantitative estimate of drug-likeness (QED) is 0.661. The van der Waals surface area contributed by atoms with Crippen molar-refractivity contribution >= 4 is 15.9 Å². The maximum Gasteiger partial charge on any atom is 0.237 e. The van der Waals surface area contributed by atoms with Crippen LogP contribution in [0.5, 0.6) is 0 Å². The molecule has 0 bridgehead atoms. The molecule has 6 heteroatoms. The number of carbonyl (C=O) groups is 1. The number of hydrogen-bond acceptors (Lipinski definition) is 4. The molecule has 0 aromatic heterocycles. The van der Waals surface area contributed by atoms with Gasteiger partial charge in [0.05, 0.1) is 11.7 Å². The molecular formula is C9H20N2O3S. The number of hydrogen-bond donors (Lipinski definition) is 2. The van der Waals surface area contributed by atoms with E-state index in [-0.39, 0.29) is 12.3 Å². The Bertz CT molecular complexity index is 288. The average molecular weight is 236 g/mol. The van der Waals surface area contributed by atoms with E-state index >= 15 is 0 Å². The minimum Gasteiger partial charge on any atom is -0.330 e. The number of sulfonamides is 1. The highest BCUT2D eigenvalue weighted by atomic mass is 32.2. The summed E-state index contributed by atoms with van der Waals surface area (Å²) >= 11 is 0. The predicted octanol–water partition coefficient (Wildman–Crippen LogP) is 0.217. The maximum absolute atomic E-state index is 11.5. The van der Waals surface area contributed by atoms with E-state index in [4.69, 9.17) is 5.73 Å². The minimum absolute atomic E-state index is 0.0256. The molecule has 0 aliphatic rings. The summed E-state index contributed by atoms with van der Waals surface area (Å²) in [5.41, 5.74) is 5.40. The molecule has 0 spiro atoms. The topological polar surface area (TPSA) is 89.3 Å². The second kappa shape index (κ2) is 6.79. The predicted molar refractivity (Wildman–Crippen MR) is 59.7 cm³/mol. The zero-order chi connectivity index (χ0) is 11.9. The summed E-state index contributed by atoms with van der Waals surface area (Å²) in [6.45, 7) is 3.86. The lowest BCUT2D eigenvalue weighted by Crippen LogP contribution is -2.39. The van der Waals surface area contributed by atoms with Gasteiger partial charge >= 0.3 is 0 Å². The highest BCUT2D eigenvalue weighted by molar-refractivity contribution is 7.90. The van der Waals surface area contributed by atoms with E-state index in [1.54, 1.807) is 6.92 Å². The molecule has 1 amide bonds. The van der Waals surface area contributed by atoms with Gasteiger partial charge in [-0.25, -0.2) is 8.42 Å². The molecule has 15 heavy (non-hydrogen) atoms. The standard InChI is InChI=1S/C9H20N2O3S/c1-3-5-8(7-10)9(12)11-15(13,14)6-4-2/h8H,3-7,10H2,1-2H3,(H,11,12). The Hall–Kier alpha value is -0.620. The molecule has 1 atom stereocenters. The molecule has 0 aliphatic heterocycles. The molecule has 0 aromatic carbocycles. The van der Waals surface area contributed by atoms with Crippen LogP contribution in [0.3, 0.4) is 0 Å². The molecule has 0 aliphatic carbocycles. The van der Waals surface area contributed by atoms with Crippen molar-refractivity contribution in [3.63, 3.8) is 0 Å². The molecule has 0 aromatic rings. The van der Waals surface area contributed by atoms with Crippen LogP contribution in [0, 0.1) is 5.92 Å². The van der Waals surface area contributed by atoms with Gasteiger partial charge in [0.1, 0.15) is 0 Å². The van der Waals surface area contributed by atoms with E-state index in [1.165, 1.54) is 0 Å². The second-order valence-electron chi connectivity index (χ2n) is 3.51. The smallest absolute Gasteiger partial charge is 0.237 e. The molecule has 0 heterocycles. The summed E-state index contributed by atoms with van der Waals surface area (Å²) in [5, 5.41) is 0. The third-order valence-electron chi connectivity index (χ3n) is 2.02. The van der Waals surface area contributed by atoms with Gasteiger partial charge in [0.25, 0.3) is 0 Å². The first-order chi connectivity index (χ1) is 6.96. The zero-order valence-electron chi connectivity index (χ0n) is 9.32. The first kappa shape index (κ1) is 14.4. The summed E-state index contributed by atoms with van der Waals surface area (Å²) < 4.78 is 24.6. The van der Waals surface area contributed by atoms with E-state index < -0.39 is 21.8 Å². The van der Waals surface area contributed by atoms with Crippen LogP contribution in [0.1, 0.15) is 33.1 Å². The van der Waals surface area contributed by atoms with Crippen molar-refractivity contribution in [3.05, 3.63) is 0 Å². The van der Waals surface area contributed by atoms with Crippen LogP contribution >= 0.6 is 0 Å². The Morgan fingerprint density at radius 1 is 1.33 bits per heavy atom. The molecule has 1 unspecified atom stereocenters. The molecule has 0 saturated carbocycles.